The van der Waals surface area contributed by atoms with Crippen LogP contribution in [0.2, 0.25) is 0 Å². The monoisotopic (exact) mass is 239 g/mol. The molecule has 2 rings (SSSR count). The van der Waals surface area contributed by atoms with E-state index in [-0.39, 0.29) is 11.9 Å². The molecule has 1 saturated carbocycles. The van der Waals surface area contributed by atoms with E-state index in [1.165, 1.54) is 12.8 Å². The summed E-state index contributed by atoms with van der Waals surface area (Å²) in [5.41, 5.74) is 6.05. The summed E-state index contributed by atoms with van der Waals surface area (Å²) >= 11 is 0. The van der Waals surface area contributed by atoms with Gasteiger partial charge in [0.15, 0.2) is 0 Å². The molecule has 98 valence electrons. The molecular formula is C13H25N3O. The highest BCUT2D eigenvalue weighted by molar-refractivity contribution is 5.81. The molecule has 17 heavy (non-hydrogen) atoms. The van der Waals surface area contributed by atoms with Crippen LogP contribution < -0.4 is 5.73 Å². The van der Waals surface area contributed by atoms with Gasteiger partial charge in [0, 0.05) is 26.2 Å². The van der Waals surface area contributed by atoms with E-state index in [2.05, 4.69) is 4.90 Å². The topological polar surface area (TPSA) is 49.6 Å². The third-order valence-electron chi connectivity index (χ3n) is 4.18. The number of carbonyl (C=O) groups excluding carboxylic acids is 1. The second-order valence-corrected chi connectivity index (χ2v) is 5.71. The van der Waals surface area contributed by atoms with E-state index in [9.17, 15) is 4.79 Å². The minimum Gasteiger partial charge on any atom is -0.347 e. The molecule has 2 N–H and O–H groups in total. The van der Waals surface area contributed by atoms with Gasteiger partial charge in [-0.15, -0.1) is 0 Å². The van der Waals surface area contributed by atoms with E-state index in [4.69, 9.17) is 5.73 Å². The maximum Gasteiger partial charge on any atom is 0.239 e. The van der Waals surface area contributed by atoms with E-state index in [1.807, 2.05) is 14.1 Å². The smallest absolute Gasteiger partial charge is 0.239 e. The molecule has 0 aromatic heterocycles. The van der Waals surface area contributed by atoms with Crippen molar-refractivity contribution in [3.63, 3.8) is 0 Å². The summed E-state index contributed by atoms with van der Waals surface area (Å²) < 4.78 is 0. The number of hydrogen-bond donors (Lipinski definition) is 1. The van der Waals surface area contributed by atoms with Crippen molar-refractivity contribution in [2.24, 2.45) is 5.73 Å². The van der Waals surface area contributed by atoms with Gasteiger partial charge >= 0.3 is 0 Å². The summed E-state index contributed by atoms with van der Waals surface area (Å²) in [4.78, 5) is 16.3. The number of nitrogens with two attached hydrogens (primary N) is 1. The van der Waals surface area contributed by atoms with Gasteiger partial charge in [0.25, 0.3) is 0 Å². The molecule has 4 heteroatoms. The Kier molecular flexibility index (Phi) is 4.05. The van der Waals surface area contributed by atoms with Gasteiger partial charge in [0.2, 0.25) is 5.91 Å². The van der Waals surface area contributed by atoms with Gasteiger partial charge in [-0.1, -0.05) is 6.42 Å². The molecule has 4 nitrogen and oxygen atoms in total. The first-order chi connectivity index (χ1) is 8.09. The molecule has 0 aromatic carbocycles. The first-order valence-corrected chi connectivity index (χ1v) is 6.82. The maximum atomic E-state index is 12.1. The number of carbonyl (C=O) groups is 1. The molecule has 2 aliphatic rings. The lowest BCUT2D eigenvalue weighted by atomic mass is 9.90. The van der Waals surface area contributed by atoms with Crippen molar-refractivity contribution in [1.29, 1.82) is 0 Å². The lowest BCUT2D eigenvalue weighted by Gasteiger charge is -2.37. The van der Waals surface area contributed by atoms with E-state index in [0.29, 0.717) is 12.1 Å². The van der Waals surface area contributed by atoms with Gasteiger partial charge in [0.1, 0.15) is 0 Å². The molecule has 3 unspecified atom stereocenters. The Bertz CT molecular complexity index is 280. The Balaban J connectivity index is 2.01. The van der Waals surface area contributed by atoms with Gasteiger partial charge in [-0.25, -0.2) is 0 Å². The molecule has 0 radical (unpaired) electrons. The molecule has 0 aromatic rings. The molecule has 0 bridgehead atoms. The number of hydrogen-bond acceptors (Lipinski definition) is 3. The molecule has 1 amide bonds. The van der Waals surface area contributed by atoms with Crippen LogP contribution in [-0.2, 0) is 4.79 Å². The third-order valence-corrected chi connectivity index (χ3v) is 4.18. The molecule has 1 aliphatic carbocycles. The van der Waals surface area contributed by atoms with Gasteiger partial charge in [-0.3, -0.25) is 9.69 Å². The van der Waals surface area contributed by atoms with Crippen LogP contribution in [0, 0.1) is 0 Å². The van der Waals surface area contributed by atoms with E-state index in [1.54, 1.807) is 4.90 Å². The lowest BCUT2D eigenvalue weighted by Crippen LogP contribution is -2.50. The van der Waals surface area contributed by atoms with Crippen molar-refractivity contribution in [1.82, 2.24) is 9.80 Å². The highest BCUT2D eigenvalue weighted by atomic mass is 16.2. The second-order valence-electron chi connectivity index (χ2n) is 5.71. The van der Waals surface area contributed by atoms with Crippen LogP contribution in [0.1, 0.15) is 38.5 Å². The summed E-state index contributed by atoms with van der Waals surface area (Å²) in [5, 5.41) is 0. The van der Waals surface area contributed by atoms with Crippen LogP contribution in [-0.4, -0.2) is 54.5 Å². The van der Waals surface area contributed by atoms with E-state index in [0.717, 1.165) is 32.2 Å². The van der Waals surface area contributed by atoms with E-state index >= 15 is 0 Å². The fourth-order valence-corrected chi connectivity index (χ4v) is 3.29. The SMILES string of the molecule is CN(C)C(=O)C1CCCN1C1CCCC(N)C1. The Labute approximate surface area is 104 Å². The molecule has 1 aliphatic heterocycles. The highest BCUT2D eigenvalue weighted by Gasteiger charge is 2.37. The summed E-state index contributed by atoms with van der Waals surface area (Å²) in [5.74, 6) is 0.265. The minimum atomic E-state index is 0.111. The molecular weight excluding hydrogens is 214 g/mol. The highest BCUT2D eigenvalue weighted by Crippen LogP contribution is 2.29. The Morgan fingerprint density at radius 1 is 1.24 bits per heavy atom. The van der Waals surface area contributed by atoms with Crippen molar-refractivity contribution >= 4 is 5.91 Å². The van der Waals surface area contributed by atoms with Gasteiger partial charge in [0.05, 0.1) is 6.04 Å². The van der Waals surface area contributed by atoms with Crippen LogP contribution in [0.15, 0.2) is 0 Å². The summed E-state index contributed by atoms with van der Waals surface area (Å²) in [7, 11) is 3.71. The first-order valence-electron chi connectivity index (χ1n) is 6.82. The van der Waals surface area contributed by atoms with Crippen molar-refractivity contribution in [3.05, 3.63) is 0 Å². The summed E-state index contributed by atoms with van der Waals surface area (Å²) in [6, 6.07) is 0.986. The van der Waals surface area contributed by atoms with Gasteiger partial charge in [-0.05, 0) is 38.6 Å². The zero-order chi connectivity index (χ0) is 12.4. The molecule has 0 spiro atoms. The van der Waals surface area contributed by atoms with E-state index < -0.39 is 0 Å². The Morgan fingerprint density at radius 3 is 2.65 bits per heavy atom. The summed E-state index contributed by atoms with van der Waals surface area (Å²) in [6.07, 6.45) is 6.81. The number of rotatable bonds is 2. The predicted octanol–water partition coefficient (Wildman–Crippen LogP) is 0.809. The average Bonchev–Trinajstić information content (AvgIpc) is 2.76. The van der Waals surface area contributed by atoms with Crippen LogP contribution in [0.25, 0.3) is 0 Å². The number of likely N-dealkylation sites (tertiary alicyclic amines) is 1. The molecule has 1 heterocycles. The fourth-order valence-electron chi connectivity index (χ4n) is 3.29. The molecule has 1 saturated heterocycles. The number of likely N-dealkylation sites (N-methyl/N-ethyl adjacent to an activating group) is 1. The van der Waals surface area contributed by atoms with Crippen molar-refractivity contribution < 1.29 is 4.79 Å². The fraction of sp³-hybridized carbons (Fsp3) is 0.923. The Hall–Kier alpha value is -0.610. The largest absolute Gasteiger partial charge is 0.347 e. The number of amides is 1. The van der Waals surface area contributed by atoms with Crippen LogP contribution in [0.5, 0.6) is 0 Å². The lowest BCUT2D eigenvalue weighted by molar-refractivity contribution is -0.134. The standard InChI is InChI=1S/C13H25N3O/c1-15(2)13(17)12-7-4-8-16(12)11-6-3-5-10(14)9-11/h10-12H,3-9,14H2,1-2H3. The normalized spacial score (nSPS) is 34.9. The van der Waals surface area contributed by atoms with Crippen LogP contribution >= 0.6 is 0 Å². The van der Waals surface area contributed by atoms with Crippen molar-refractivity contribution in [2.75, 3.05) is 20.6 Å². The van der Waals surface area contributed by atoms with Crippen molar-refractivity contribution in [3.8, 4) is 0 Å². The summed E-state index contributed by atoms with van der Waals surface area (Å²) in [6.45, 7) is 1.07. The van der Waals surface area contributed by atoms with Crippen LogP contribution in [0.4, 0.5) is 0 Å². The zero-order valence-electron chi connectivity index (χ0n) is 11.1. The molecule has 2 fully saturated rings. The number of nitrogens with zero attached hydrogens (tertiary/aromatic N) is 2. The first kappa shape index (κ1) is 12.8. The zero-order valence-corrected chi connectivity index (χ0v) is 11.1. The average molecular weight is 239 g/mol. The minimum absolute atomic E-state index is 0.111. The van der Waals surface area contributed by atoms with Gasteiger partial charge in [-0.2, -0.15) is 0 Å². The van der Waals surface area contributed by atoms with Crippen LogP contribution in [0.3, 0.4) is 0 Å². The third kappa shape index (κ3) is 2.80. The van der Waals surface area contributed by atoms with Gasteiger partial charge < -0.3 is 10.6 Å². The maximum absolute atomic E-state index is 12.1. The second kappa shape index (κ2) is 5.36. The van der Waals surface area contributed by atoms with Crippen molar-refractivity contribution in [2.45, 2.75) is 56.7 Å². The molecule has 3 atom stereocenters. The Morgan fingerprint density at radius 2 is 2.00 bits per heavy atom. The quantitative estimate of drug-likeness (QED) is 0.776. The predicted molar refractivity (Wildman–Crippen MR) is 68.7 cm³/mol.